The number of benzene rings is 1. The van der Waals surface area contributed by atoms with E-state index in [2.05, 4.69) is 36.6 Å². The zero-order chi connectivity index (χ0) is 21.1. The van der Waals surface area contributed by atoms with Gasteiger partial charge in [0.15, 0.2) is 0 Å². The molecule has 2 atom stereocenters. The molecule has 30 heavy (non-hydrogen) atoms. The van der Waals surface area contributed by atoms with Gasteiger partial charge in [0.2, 0.25) is 0 Å². The first-order chi connectivity index (χ1) is 14.3. The van der Waals surface area contributed by atoms with E-state index < -0.39 is 16.7 Å². The molecule has 2 bridgehead atoms. The average molecular weight is 401 g/mol. The number of hydrazine groups is 1. The Bertz CT molecular complexity index is 1190. The number of amides is 2. The largest absolute Gasteiger partial charge is 0.288 e. The van der Waals surface area contributed by atoms with Crippen LogP contribution in [0.1, 0.15) is 55.5 Å². The number of hydrogen-bond acceptors (Lipinski definition) is 5. The number of fused-ring (bicyclic) bond motifs is 6. The number of rotatable bonds is 2. The average Bonchev–Trinajstić information content (AvgIpc) is 3.06. The summed E-state index contributed by atoms with van der Waals surface area (Å²) < 4.78 is 0. The van der Waals surface area contributed by atoms with Crippen molar-refractivity contribution >= 4 is 22.8 Å². The first-order valence-electron chi connectivity index (χ1n) is 10.1. The first-order valence-corrected chi connectivity index (χ1v) is 10.1. The summed E-state index contributed by atoms with van der Waals surface area (Å²) in [5.74, 6) is -0.717. The molecule has 0 radical (unpaired) electrons. The molecular weight excluding hydrogens is 378 g/mol. The molecule has 2 N–H and O–H groups in total. The molecule has 0 spiro atoms. The highest BCUT2D eigenvalue weighted by atomic mass is 16.2. The Hall–Kier alpha value is -3.35. The van der Waals surface area contributed by atoms with E-state index >= 15 is 0 Å². The van der Waals surface area contributed by atoms with E-state index in [1.54, 1.807) is 18.2 Å². The van der Waals surface area contributed by atoms with Gasteiger partial charge in [-0.25, -0.2) is 9.97 Å². The quantitative estimate of drug-likeness (QED) is 0.644. The molecule has 0 aliphatic heterocycles. The topological polar surface area (TPSA) is 96.9 Å². The van der Waals surface area contributed by atoms with E-state index in [-0.39, 0.29) is 17.0 Å². The third kappa shape index (κ3) is 2.17. The van der Waals surface area contributed by atoms with Crippen molar-refractivity contribution in [3.8, 4) is 0 Å². The van der Waals surface area contributed by atoms with Gasteiger partial charge in [0, 0.05) is 11.6 Å². The summed E-state index contributed by atoms with van der Waals surface area (Å²) in [7, 11) is 0. The number of carbonyl (C=O) groups excluding carboxylic acids is 2. The lowest BCUT2D eigenvalue weighted by Crippen LogP contribution is -2.55. The summed E-state index contributed by atoms with van der Waals surface area (Å²) in [5.41, 5.74) is 7.08. The number of para-hydroxylation sites is 2. The molecule has 7 nitrogen and oxygen atoms in total. The van der Waals surface area contributed by atoms with Gasteiger partial charge >= 0.3 is 0 Å². The second kappa shape index (κ2) is 6.08. The maximum absolute atomic E-state index is 13.6. The van der Waals surface area contributed by atoms with Crippen LogP contribution < -0.4 is 10.9 Å². The number of nitrogens with zero attached hydrogens (tertiary/aromatic N) is 3. The maximum atomic E-state index is 13.6. The fraction of sp³-hybridized carbons (Fsp3) is 0.348. The van der Waals surface area contributed by atoms with Crippen molar-refractivity contribution in [3.63, 3.8) is 0 Å². The van der Waals surface area contributed by atoms with Gasteiger partial charge in [-0.15, -0.1) is 0 Å². The monoisotopic (exact) mass is 401 g/mol. The molecule has 1 fully saturated rings. The van der Waals surface area contributed by atoms with Crippen LogP contribution in [0.15, 0.2) is 48.7 Å². The standard InChI is InChI=1S/C23H23N5O2/c1-21(2)22(3)11-12-23(21,18-17(22)25-14-8-4-5-9-15(14)26-18)20(30)28-27-19(29)16-10-6-7-13-24-16/h4-10,13H,11-12H2,1-3H3,(H,27,29)(H,28,30). The molecule has 5 rings (SSSR count). The summed E-state index contributed by atoms with van der Waals surface area (Å²) in [4.78, 5) is 39.9. The van der Waals surface area contributed by atoms with E-state index in [0.717, 1.165) is 28.8 Å². The van der Waals surface area contributed by atoms with Crippen molar-refractivity contribution in [1.82, 2.24) is 25.8 Å². The third-order valence-corrected chi connectivity index (χ3v) is 7.52. The molecule has 1 aromatic carbocycles. The van der Waals surface area contributed by atoms with Crippen LogP contribution in [-0.4, -0.2) is 26.8 Å². The number of hydrogen-bond donors (Lipinski definition) is 2. The Morgan fingerprint density at radius 3 is 2.20 bits per heavy atom. The van der Waals surface area contributed by atoms with Crippen LogP contribution in [0.3, 0.4) is 0 Å². The zero-order valence-corrected chi connectivity index (χ0v) is 17.2. The van der Waals surface area contributed by atoms with Gasteiger partial charge in [-0.2, -0.15) is 0 Å². The van der Waals surface area contributed by atoms with Crippen molar-refractivity contribution < 1.29 is 9.59 Å². The highest BCUT2D eigenvalue weighted by molar-refractivity contribution is 5.97. The Morgan fingerprint density at radius 1 is 0.867 bits per heavy atom. The lowest BCUT2D eigenvalue weighted by atomic mass is 9.63. The Balaban J connectivity index is 1.55. The number of aromatic nitrogens is 3. The van der Waals surface area contributed by atoms with Gasteiger partial charge in [-0.05, 0) is 42.5 Å². The summed E-state index contributed by atoms with van der Waals surface area (Å²) in [5, 5.41) is 0. The summed E-state index contributed by atoms with van der Waals surface area (Å²) >= 11 is 0. The highest BCUT2D eigenvalue weighted by Gasteiger charge is 2.73. The molecule has 0 saturated heterocycles. The number of nitrogens with one attached hydrogen (secondary N) is 2. The number of carbonyl (C=O) groups is 2. The molecular formula is C23H23N5O2. The van der Waals surface area contributed by atoms with Gasteiger partial charge < -0.3 is 0 Å². The lowest BCUT2D eigenvalue weighted by molar-refractivity contribution is -0.131. The predicted molar refractivity (Wildman–Crippen MR) is 111 cm³/mol. The Kier molecular flexibility index (Phi) is 3.78. The molecule has 2 aliphatic rings. The summed E-state index contributed by atoms with van der Waals surface area (Å²) in [6.07, 6.45) is 3.03. The number of pyridine rings is 1. The van der Waals surface area contributed by atoms with Crippen molar-refractivity contribution in [3.05, 3.63) is 65.7 Å². The first kappa shape index (κ1) is 18.7. The van der Waals surface area contributed by atoms with Crippen LogP contribution in [-0.2, 0) is 15.6 Å². The van der Waals surface area contributed by atoms with E-state index in [9.17, 15) is 9.59 Å². The Labute approximate surface area is 174 Å². The minimum atomic E-state index is -0.870. The third-order valence-electron chi connectivity index (χ3n) is 7.52. The second-order valence-electron chi connectivity index (χ2n) is 8.90. The molecule has 2 aliphatic carbocycles. The fourth-order valence-corrected chi connectivity index (χ4v) is 5.33. The van der Waals surface area contributed by atoms with Gasteiger partial charge in [-0.1, -0.05) is 39.0 Å². The van der Waals surface area contributed by atoms with Crippen LogP contribution in [0.5, 0.6) is 0 Å². The molecule has 2 amide bonds. The van der Waals surface area contributed by atoms with Crippen LogP contribution in [0.25, 0.3) is 11.0 Å². The molecule has 152 valence electrons. The molecule has 1 saturated carbocycles. The lowest BCUT2D eigenvalue weighted by Gasteiger charge is -2.39. The van der Waals surface area contributed by atoms with Crippen LogP contribution in [0.4, 0.5) is 0 Å². The van der Waals surface area contributed by atoms with Crippen molar-refractivity contribution in [1.29, 1.82) is 0 Å². The second-order valence-corrected chi connectivity index (χ2v) is 8.90. The maximum Gasteiger partial charge on any atom is 0.288 e. The minimum absolute atomic E-state index is 0.239. The normalized spacial score (nSPS) is 25.7. The zero-order valence-electron chi connectivity index (χ0n) is 17.2. The van der Waals surface area contributed by atoms with Crippen molar-refractivity contribution in [2.45, 2.75) is 44.4 Å². The Morgan fingerprint density at radius 2 is 1.53 bits per heavy atom. The van der Waals surface area contributed by atoms with Crippen LogP contribution >= 0.6 is 0 Å². The van der Waals surface area contributed by atoms with Gasteiger partial charge in [-0.3, -0.25) is 25.4 Å². The predicted octanol–water partition coefficient (Wildman–Crippen LogP) is 2.82. The van der Waals surface area contributed by atoms with Crippen LogP contribution in [0, 0.1) is 5.41 Å². The summed E-state index contributed by atoms with van der Waals surface area (Å²) in [6.45, 7) is 6.38. The van der Waals surface area contributed by atoms with E-state index in [1.165, 1.54) is 6.20 Å². The summed E-state index contributed by atoms with van der Waals surface area (Å²) in [6, 6.07) is 12.8. The minimum Gasteiger partial charge on any atom is -0.272 e. The molecule has 3 aromatic rings. The molecule has 2 unspecified atom stereocenters. The van der Waals surface area contributed by atoms with Crippen molar-refractivity contribution in [2.24, 2.45) is 5.41 Å². The van der Waals surface area contributed by atoms with E-state index in [1.807, 2.05) is 24.3 Å². The van der Waals surface area contributed by atoms with Gasteiger partial charge in [0.1, 0.15) is 11.1 Å². The molecule has 2 aromatic heterocycles. The smallest absolute Gasteiger partial charge is 0.272 e. The van der Waals surface area contributed by atoms with E-state index in [0.29, 0.717) is 6.42 Å². The van der Waals surface area contributed by atoms with Crippen LogP contribution in [0.2, 0.25) is 0 Å². The fourth-order valence-electron chi connectivity index (χ4n) is 5.33. The van der Waals surface area contributed by atoms with Gasteiger partial charge in [0.25, 0.3) is 11.8 Å². The highest BCUT2D eigenvalue weighted by Crippen LogP contribution is 2.70. The molecule has 2 heterocycles. The van der Waals surface area contributed by atoms with Crippen molar-refractivity contribution in [2.75, 3.05) is 0 Å². The van der Waals surface area contributed by atoms with E-state index in [4.69, 9.17) is 9.97 Å². The molecule has 7 heteroatoms. The van der Waals surface area contributed by atoms with Gasteiger partial charge in [0.05, 0.1) is 22.4 Å². The SMILES string of the molecule is CC12CCC(C(=O)NNC(=O)c3ccccn3)(c3nc4ccccc4nc31)C2(C)C.